The van der Waals surface area contributed by atoms with Crippen LogP contribution in [0.2, 0.25) is 0 Å². The molecule has 0 bridgehead atoms. The lowest BCUT2D eigenvalue weighted by atomic mass is 9.62. The van der Waals surface area contributed by atoms with Crippen molar-refractivity contribution in [3.05, 3.63) is 35.6 Å². The molecule has 4 heteroatoms. The van der Waals surface area contributed by atoms with E-state index in [1.54, 1.807) is 12.1 Å². The highest BCUT2D eigenvalue weighted by Crippen LogP contribution is 2.48. The Morgan fingerprint density at radius 3 is 2.25 bits per heavy atom. The van der Waals surface area contributed by atoms with E-state index in [0.29, 0.717) is 0 Å². The van der Waals surface area contributed by atoms with E-state index in [0.717, 1.165) is 24.8 Å². The monoisotopic (exact) mass is 222 g/mol. The summed E-state index contributed by atoms with van der Waals surface area (Å²) in [6, 6.07) is 5.50. The van der Waals surface area contributed by atoms with Crippen molar-refractivity contribution < 1.29 is 9.18 Å². The third-order valence-corrected chi connectivity index (χ3v) is 3.56. The van der Waals surface area contributed by atoms with Crippen LogP contribution in [0, 0.1) is 11.2 Å². The SMILES string of the molecule is NC(=O)C1(C(N)c2ccc(F)cc2)CCC1. The Morgan fingerprint density at radius 1 is 1.31 bits per heavy atom. The molecular formula is C12H15FN2O. The highest BCUT2D eigenvalue weighted by atomic mass is 19.1. The number of halogens is 1. The summed E-state index contributed by atoms with van der Waals surface area (Å²) in [7, 11) is 0. The first-order valence-corrected chi connectivity index (χ1v) is 5.37. The van der Waals surface area contributed by atoms with Gasteiger partial charge < -0.3 is 11.5 Å². The van der Waals surface area contributed by atoms with Gasteiger partial charge in [-0.1, -0.05) is 18.6 Å². The standard InChI is InChI=1S/C12H15FN2O/c13-9-4-2-8(3-5-9)10(14)12(11(15)16)6-1-7-12/h2-5,10H,1,6-7,14H2,(H2,15,16). The normalized spacial score (nSPS) is 19.9. The number of amides is 1. The maximum Gasteiger partial charge on any atom is 0.225 e. The zero-order chi connectivity index (χ0) is 11.8. The number of hydrogen-bond acceptors (Lipinski definition) is 2. The van der Waals surface area contributed by atoms with Crippen molar-refractivity contribution in [2.75, 3.05) is 0 Å². The highest BCUT2D eigenvalue weighted by Gasteiger charge is 2.48. The molecule has 4 N–H and O–H groups in total. The Kier molecular flexibility index (Phi) is 2.68. The third kappa shape index (κ3) is 1.59. The Balaban J connectivity index is 2.27. The molecule has 2 rings (SSSR count). The molecule has 1 aliphatic carbocycles. The van der Waals surface area contributed by atoms with Gasteiger partial charge in [-0.25, -0.2) is 4.39 Å². The number of hydrogen-bond donors (Lipinski definition) is 2. The van der Waals surface area contributed by atoms with Gasteiger partial charge in [0.15, 0.2) is 0 Å². The molecule has 0 radical (unpaired) electrons. The quantitative estimate of drug-likeness (QED) is 0.813. The van der Waals surface area contributed by atoms with E-state index < -0.39 is 11.5 Å². The lowest BCUT2D eigenvalue weighted by Crippen LogP contribution is -2.50. The summed E-state index contributed by atoms with van der Waals surface area (Å²) in [6.45, 7) is 0. The molecule has 0 saturated heterocycles. The van der Waals surface area contributed by atoms with Gasteiger partial charge in [0, 0.05) is 6.04 Å². The topological polar surface area (TPSA) is 69.1 Å². The van der Waals surface area contributed by atoms with Crippen molar-refractivity contribution in [2.45, 2.75) is 25.3 Å². The van der Waals surface area contributed by atoms with Gasteiger partial charge in [-0.05, 0) is 30.5 Å². The van der Waals surface area contributed by atoms with Crippen LogP contribution in [-0.2, 0) is 4.79 Å². The fraction of sp³-hybridized carbons (Fsp3) is 0.417. The summed E-state index contributed by atoms with van der Waals surface area (Å²) in [5.41, 5.74) is 11.6. The molecule has 3 nitrogen and oxygen atoms in total. The molecule has 1 saturated carbocycles. The van der Waals surface area contributed by atoms with Crippen molar-refractivity contribution in [3.8, 4) is 0 Å². The zero-order valence-corrected chi connectivity index (χ0v) is 8.95. The van der Waals surface area contributed by atoms with Gasteiger partial charge in [0.1, 0.15) is 5.82 Å². The minimum Gasteiger partial charge on any atom is -0.369 e. The van der Waals surface area contributed by atoms with E-state index in [9.17, 15) is 9.18 Å². The maximum absolute atomic E-state index is 12.8. The Morgan fingerprint density at radius 2 is 1.88 bits per heavy atom. The minimum atomic E-state index is -0.627. The Hall–Kier alpha value is -1.42. The summed E-state index contributed by atoms with van der Waals surface area (Å²) in [5, 5.41) is 0. The van der Waals surface area contributed by atoms with E-state index in [4.69, 9.17) is 11.5 Å². The molecule has 1 aliphatic rings. The van der Waals surface area contributed by atoms with Crippen LogP contribution in [0.15, 0.2) is 24.3 Å². The minimum absolute atomic E-state index is 0.308. The molecule has 1 fully saturated rings. The van der Waals surface area contributed by atoms with E-state index in [-0.39, 0.29) is 11.7 Å². The van der Waals surface area contributed by atoms with Crippen LogP contribution in [0.3, 0.4) is 0 Å². The van der Waals surface area contributed by atoms with Gasteiger partial charge in [-0.3, -0.25) is 4.79 Å². The molecule has 0 spiro atoms. The molecule has 16 heavy (non-hydrogen) atoms. The van der Waals surface area contributed by atoms with Gasteiger partial charge >= 0.3 is 0 Å². The lowest BCUT2D eigenvalue weighted by Gasteiger charge is -2.43. The van der Waals surface area contributed by atoms with Crippen molar-refractivity contribution >= 4 is 5.91 Å². The van der Waals surface area contributed by atoms with Gasteiger partial charge in [0.05, 0.1) is 5.41 Å². The predicted molar refractivity (Wildman–Crippen MR) is 58.8 cm³/mol. The second kappa shape index (κ2) is 3.87. The molecule has 1 aromatic carbocycles. The number of carbonyl (C=O) groups excluding carboxylic acids is 1. The molecule has 0 heterocycles. The average molecular weight is 222 g/mol. The Bertz CT molecular complexity index is 398. The molecular weight excluding hydrogens is 207 g/mol. The van der Waals surface area contributed by atoms with Crippen LogP contribution in [0.25, 0.3) is 0 Å². The van der Waals surface area contributed by atoms with Crippen LogP contribution in [-0.4, -0.2) is 5.91 Å². The molecule has 1 atom stereocenters. The first kappa shape index (κ1) is 11.1. The zero-order valence-electron chi connectivity index (χ0n) is 8.95. The van der Waals surface area contributed by atoms with Crippen LogP contribution < -0.4 is 11.5 Å². The van der Waals surface area contributed by atoms with E-state index in [1.165, 1.54) is 12.1 Å². The number of nitrogens with two attached hydrogens (primary N) is 2. The van der Waals surface area contributed by atoms with E-state index in [1.807, 2.05) is 0 Å². The second-order valence-electron chi connectivity index (χ2n) is 4.40. The summed E-state index contributed by atoms with van der Waals surface area (Å²) >= 11 is 0. The summed E-state index contributed by atoms with van der Waals surface area (Å²) in [6.07, 6.45) is 2.42. The van der Waals surface area contributed by atoms with Gasteiger partial charge in [-0.15, -0.1) is 0 Å². The number of rotatable bonds is 3. The van der Waals surface area contributed by atoms with Crippen LogP contribution >= 0.6 is 0 Å². The predicted octanol–water partition coefficient (Wildman–Crippen LogP) is 1.48. The second-order valence-corrected chi connectivity index (χ2v) is 4.40. The third-order valence-electron chi connectivity index (χ3n) is 3.56. The van der Waals surface area contributed by atoms with Crippen LogP contribution in [0.5, 0.6) is 0 Å². The summed E-state index contributed by atoms with van der Waals surface area (Å²) in [4.78, 5) is 11.5. The van der Waals surface area contributed by atoms with Crippen molar-refractivity contribution in [1.29, 1.82) is 0 Å². The molecule has 86 valence electrons. The number of primary amides is 1. The smallest absolute Gasteiger partial charge is 0.225 e. The molecule has 0 aliphatic heterocycles. The van der Waals surface area contributed by atoms with E-state index in [2.05, 4.69) is 0 Å². The molecule has 1 unspecified atom stereocenters. The van der Waals surface area contributed by atoms with Crippen molar-refractivity contribution in [3.63, 3.8) is 0 Å². The summed E-state index contributed by atoms with van der Waals surface area (Å²) < 4.78 is 12.8. The average Bonchev–Trinajstić information content (AvgIpc) is 2.16. The van der Waals surface area contributed by atoms with Crippen LogP contribution in [0.4, 0.5) is 4.39 Å². The number of benzene rings is 1. The summed E-state index contributed by atoms with van der Waals surface area (Å²) in [5.74, 6) is -0.659. The van der Waals surface area contributed by atoms with Gasteiger partial charge in [0.25, 0.3) is 0 Å². The molecule has 1 amide bonds. The number of carbonyl (C=O) groups is 1. The highest BCUT2D eigenvalue weighted by molar-refractivity contribution is 5.83. The van der Waals surface area contributed by atoms with Crippen LogP contribution in [0.1, 0.15) is 30.9 Å². The first-order valence-electron chi connectivity index (χ1n) is 5.37. The van der Waals surface area contributed by atoms with Crippen molar-refractivity contribution in [2.24, 2.45) is 16.9 Å². The van der Waals surface area contributed by atoms with Gasteiger partial charge in [-0.2, -0.15) is 0 Å². The molecule has 1 aromatic rings. The fourth-order valence-corrected chi connectivity index (χ4v) is 2.26. The van der Waals surface area contributed by atoms with E-state index >= 15 is 0 Å². The van der Waals surface area contributed by atoms with Gasteiger partial charge in [0.2, 0.25) is 5.91 Å². The molecule has 0 aromatic heterocycles. The fourth-order valence-electron chi connectivity index (χ4n) is 2.26. The Labute approximate surface area is 93.6 Å². The lowest BCUT2D eigenvalue weighted by molar-refractivity contribution is -0.134. The maximum atomic E-state index is 12.8. The van der Waals surface area contributed by atoms with Crippen molar-refractivity contribution in [1.82, 2.24) is 0 Å². The first-order chi connectivity index (χ1) is 7.56. The largest absolute Gasteiger partial charge is 0.369 e.